The molecule has 0 aromatic rings. The number of rotatable bonds is 73. The van der Waals surface area contributed by atoms with E-state index in [1.54, 1.807) is 0 Å². The summed E-state index contributed by atoms with van der Waals surface area (Å²) in [6, 6.07) is -0.719. The monoisotopic (exact) mass is 1300 g/mol. The van der Waals surface area contributed by atoms with Crippen LogP contribution in [0.3, 0.4) is 0 Å². The van der Waals surface area contributed by atoms with E-state index < -0.39 is 49.5 Å². The average molecular weight is 1300 g/mol. The number of aliphatic hydroxyl groups is 5. The third-order valence-electron chi connectivity index (χ3n) is 19.7. The van der Waals surface area contributed by atoms with Crippen molar-refractivity contribution in [1.29, 1.82) is 0 Å². The first-order chi connectivity index (χ1) is 45.3. The Kier molecular flexibility index (Phi) is 68.9. The predicted molar refractivity (Wildman–Crippen MR) is 396 cm³/mol. The van der Waals surface area contributed by atoms with Gasteiger partial charge in [0.1, 0.15) is 24.4 Å². The topological polar surface area (TPSA) is 149 Å². The summed E-state index contributed by atoms with van der Waals surface area (Å²) in [5.41, 5.74) is 0. The third-order valence-corrected chi connectivity index (χ3v) is 19.7. The van der Waals surface area contributed by atoms with Crippen LogP contribution in [0.15, 0.2) is 48.6 Å². The molecule has 0 aromatic heterocycles. The number of allylic oxidation sites excluding steroid dienone is 8. The SMILES string of the molecule is CC/C=C\C/C=C\C/C=C\C/C=C\CCCCCCCCCCCCCCCCCCCCCCCCCCCCCCC(=O)NC(COC1OC(CO)C(O)C(O)C1O)C(O)CCCCCCCCCCCCCCCCCCCCCCCCCCCCCC. The van der Waals surface area contributed by atoms with Crippen molar-refractivity contribution in [2.24, 2.45) is 0 Å². The molecule has 0 aliphatic carbocycles. The minimum atomic E-state index is -1.55. The maximum Gasteiger partial charge on any atom is 0.220 e. The summed E-state index contributed by atoms with van der Waals surface area (Å²) >= 11 is 0. The number of carbonyl (C=O) groups is 1. The number of unbranched alkanes of at least 4 members (excludes halogenated alkanes) is 55. The lowest BCUT2D eigenvalue weighted by molar-refractivity contribution is -0.302. The van der Waals surface area contributed by atoms with Crippen LogP contribution in [0.4, 0.5) is 0 Å². The molecule has 9 heteroatoms. The van der Waals surface area contributed by atoms with Crippen molar-refractivity contribution in [3.05, 3.63) is 48.6 Å². The maximum absolute atomic E-state index is 13.2. The fourth-order valence-corrected chi connectivity index (χ4v) is 13.4. The molecule has 1 heterocycles. The molecule has 1 aliphatic heterocycles. The van der Waals surface area contributed by atoms with Crippen LogP contribution in [0, 0.1) is 0 Å². The summed E-state index contributed by atoms with van der Waals surface area (Å²) in [4.78, 5) is 13.2. The summed E-state index contributed by atoms with van der Waals surface area (Å²) < 4.78 is 11.4. The molecule has 1 rings (SSSR count). The lowest BCUT2D eigenvalue weighted by Gasteiger charge is -2.40. The van der Waals surface area contributed by atoms with Gasteiger partial charge < -0.3 is 40.3 Å². The first kappa shape index (κ1) is 88.2. The van der Waals surface area contributed by atoms with E-state index in [4.69, 9.17) is 9.47 Å². The van der Waals surface area contributed by atoms with Crippen molar-refractivity contribution in [2.75, 3.05) is 13.2 Å². The average Bonchev–Trinajstić information content (AvgIpc) is 1.00. The zero-order valence-electron chi connectivity index (χ0n) is 61.1. The molecule has 9 nitrogen and oxygen atoms in total. The van der Waals surface area contributed by atoms with Crippen LogP contribution in [0.25, 0.3) is 0 Å². The first-order valence-electron chi connectivity index (χ1n) is 40.8. The minimum Gasteiger partial charge on any atom is -0.394 e. The fourth-order valence-electron chi connectivity index (χ4n) is 13.4. The van der Waals surface area contributed by atoms with E-state index >= 15 is 0 Å². The summed E-state index contributed by atoms with van der Waals surface area (Å²) in [6.07, 6.45) is 92.4. The Bertz CT molecular complexity index is 1600. The molecule has 1 saturated heterocycles. The van der Waals surface area contributed by atoms with E-state index in [-0.39, 0.29) is 12.5 Å². The molecule has 0 bridgehead atoms. The van der Waals surface area contributed by atoms with E-state index in [1.165, 1.54) is 327 Å². The number of aliphatic hydroxyl groups excluding tert-OH is 5. The number of amides is 1. The smallest absolute Gasteiger partial charge is 0.220 e. The van der Waals surface area contributed by atoms with Gasteiger partial charge >= 0.3 is 0 Å². The molecule has 0 saturated carbocycles. The van der Waals surface area contributed by atoms with Crippen molar-refractivity contribution < 1.29 is 39.8 Å². The van der Waals surface area contributed by atoms with E-state index in [2.05, 4.69) is 67.8 Å². The Morgan fingerprint density at radius 1 is 0.380 bits per heavy atom. The molecule has 0 radical (unpaired) electrons. The van der Waals surface area contributed by atoms with Crippen molar-refractivity contribution in [3.63, 3.8) is 0 Å². The molecule has 542 valence electrons. The Labute approximate surface area is 571 Å². The van der Waals surface area contributed by atoms with Crippen LogP contribution in [0.2, 0.25) is 0 Å². The number of nitrogens with one attached hydrogen (secondary N) is 1. The molecule has 1 amide bonds. The van der Waals surface area contributed by atoms with Gasteiger partial charge in [-0.2, -0.15) is 0 Å². The number of ether oxygens (including phenoxy) is 2. The molecule has 1 aliphatic rings. The second-order valence-corrected chi connectivity index (χ2v) is 28.5. The second-order valence-electron chi connectivity index (χ2n) is 28.5. The van der Waals surface area contributed by atoms with Gasteiger partial charge in [-0.25, -0.2) is 0 Å². The lowest BCUT2D eigenvalue weighted by atomic mass is 9.99. The van der Waals surface area contributed by atoms with Gasteiger partial charge in [0.15, 0.2) is 6.29 Å². The maximum atomic E-state index is 13.2. The van der Waals surface area contributed by atoms with Crippen molar-refractivity contribution in [1.82, 2.24) is 5.32 Å². The highest BCUT2D eigenvalue weighted by atomic mass is 16.7. The van der Waals surface area contributed by atoms with Crippen molar-refractivity contribution in [3.8, 4) is 0 Å². The molecular weight excluding hydrogens is 1140 g/mol. The fraction of sp³-hybridized carbons (Fsp3) is 0.892. The van der Waals surface area contributed by atoms with Gasteiger partial charge in [0, 0.05) is 6.42 Å². The highest BCUT2D eigenvalue weighted by Crippen LogP contribution is 2.24. The molecular formula is C83H157NO8. The Morgan fingerprint density at radius 3 is 1.00 bits per heavy atom. The highest BCUT2D eigenvalue weighted by Gasteiger charge is 2.44. The normalized spacial score (nSPS) is 17.8. The number of carbonyl (C=O) groups excluding carboxylic acids is 1. The summed E-state index contributed by atoms with van der Waals surface area (Å²) in [5, 5.41) is 55.1. The zero-order chi connectivity index (χ0) is 66.4. The summed E-state index contributed by atoms with van der Waals surface area (Å²) in [5.74, 6) is -0.134. The summed E-state index contributed by atoms with van der Waals surface area (Å²) in [7, 11) is 0. The van der Waals surface area contributed by atoms with Crippen molar-refractivity contribution >= 4 is 5.91 Å². The molecule has 7 unspecified atom stereocenters. The van der Waals surface area contributed by atoms with E-state index in [0.29, 0.717) is 12.8 Å². The molecule has 92 heavy (non-hydrogen) atoms. The third kappa shape index (κ3) is 59.4. The number of hydrogen-bond donors (Lipinski definition) is 6. The van der Waals surface area contributed by atoms with Crippen LogP contribution >= 0.6 is 0 Å². The molecule has 0 aromatic carbocycles. The first-order valence-corrected chi connectivity index (χ1v) is 40.8. The van der Waals surface area contributed by atoms with Gasteiger partial charge in [-0.3, -0.25) is 4.79 Å². The quantitative estimate of drug-likeness (QED) is 0.0261. The van der Waals surface area contributed by atoms with Crippen LogP contribution in [-0.2, 0) is 14.3 Å². The number of hydrogen-bond acceptors (Lipinski definition) is 8. The standard InChI is InChI=1S/C83H157NO8/c1-3-5-7-9-11-13-15-17-19-21-23-25-27-29-31-33-34-35-36-37-38-39-40-41-42-43-44-45-47-49-51-53-55-57-59-61-63-65-67-69-71-73-79(87)84-76(75-91-83-82(90)81(89)80(88)78(74-85)92-83)77(86)72-70-68-66-64-62-60-58-56-54-52-50-48-46-32-30-28-26-24-22-20-18-16-14-12-10-8-6-4-2/h5,7,11,13,17,19,23,25,76-78,80-83,85-86,88-90H,3-4,6,8-10,12,14-16,18,20-22,24,26-75H2,1-2H3,(H,84,87)/b7-5-,13-11-,19-17-,25-23-. The molecule has 0 spiro atoms. The van der Waals surface area contributed by atoms with Gasteiger partial charge in [-0.05, 0) is 51.4 Å². The van der Waals surface area contributed by atoms with Gasteiger partial charge in [0.2, 0.25) is 5.91 Å². The van der Waals surface area contributed by atoms with Crippen LogP contribution < -0.4 is 5.32 Å². The Hall–Kier alpha value is -1.85. The Balaban J connectivity index is 2.02. The van der Waals surface area contributed by atoms with E-state index in [1.807, 2.05) is 0 Å². The zero-order valence-corrected chi connectivity index (χ0v) is 61.1. The van der Waals surface area contributed by atoms with Crippen molar-refractivity contribution in [2.45, 2.75) is 461 Å². The summed E-state index contributed by atoms with van der Waals surface area (Å²) in [6.45, 7) is 3.79. The van der Waals surface area contributed by atoms with Gasteiger partial charge in [-0.1, -0.05) is 409 Å². The van der Waals surface area contributed by atoms with Gasteiger partial charge in [0.25, 0.3) is 0 Å². The van der Waals surface area contributed by atoms with Gasteiger partial charge in [-0.15, -0.1) is 0 Å². The van der Waals surface area contributed by atoms with Gasteiger partial charge in [0.05, 0.1) is 25.4 Å². The largest absolute Gasteiger partial charge is 0.394 e. The van der Waals surface area contributed by atoms with Crippen LogP contribution in [-0.4, -0.2) is 87.5 Å². The van der Waals surface area contributed by atoms with Crippen LogP contribution in [0.5, 0.6) is 0 Å². The lowest BCUT2D eigenvalue weighted by Crippen LogP contribution is -2.60. The Morgan fingerprint density at radius 2 is 0.674 bits per heavy atom. The second kappa shape index (κ2) is 71.9. The minimum absolute atomic E-state index is 0.133. The highest BCUT2D eigenvalue weighted by molar-refractivity contribution is 5.76. The van der Waals surface area contributed by atoms with E-state index in [9.17, 15) is 30.3 Å². The molecule has 6 N–H and O–H groups in total. The van der Waals surface area contributed by atoms with E-state index in [0.717, 1.165) is 64.2 Å². The molecule has 1 fully saturated rings. The van der Waals surface area contributed by atoms with Crippen LogP contribution in [0.1, 0.15) is 418 Å². The predicted octanol–water partition coefficient (Wildman–Crippen LogP) is 23.5. The molecule has 7 atom stereocenters.